The van der Waals surface area contributed by atoms with Crippen molar-refractivity contribution in [1.82, 2.24) is 4.72 Å². The minimum atomic E-state index is -4.36. The van der Waals surface area contributed by atoms with Crippen molar-refractivity contribution in [3.05, 3.63) is 24.3 Å². The van der Waals surface area contributed by atoms with E-state index in [9.17, 15) is 30.0 Å². The highest BCUT2D eigenvalue weighted by molar-refractivity contribution is 7.90. The quantitative estimate of drug-likeness (QED) is 0.748. The zero-order valence-corrected chi connectivity index (χ0v) is 12.2. The highest BCUT2D eigenvalue weighted by atomic mass is 32.2. The molecule has 0 fully saturated rings. The zero-order valence-electron chi connectivity index (χ0n) is 10.6. The summed E-state index contributed by atoms with van der Waals surface area (Å²) in [4.78, 5) is -0.790. The minimum absolute atomic E-state index is 0.388. The van der Waals surface area contributed by atoms with E-state index >= 15 is 0 Å². The lowest BCUT2D eigenvalue weighted by molar-refractivity contribution is -0.135. The number of halogens is 3. The van der Waals surface area contributed by atoms with E-state index in [1.165, 1.54) is 6.07 Å². The van der Waals surface area contributed by atoms with Gasteiger partial charge in [-0.05, 0) is 24.6 Å². The Bertz CT molecular complexity index is 699. The summed E-state index contributed by atoms with van der Waals surface area (Å²) in [6, 6.07) is 4.23. The fourth-order valence-electron chi connectivity index (χ4n) is 1.40. The molecule has 0 amide bonds. The average Bonchev–Trinajstić information content (AvgIpc) is 2.33. The van der Waals surface area contributed by atoms with E-state index in [1.54, 1.807) is 0 Å². The molecule has 0 saturated carbocycles. The van der Waals surface area contributed by atoms with Crippen molar-refractivity contribution in [1.29, 1.82) is 0 Å². The molecule has 6 nitrogen and oxygen atoms in total. The number of alkyl halides is 3. The van der Waals surface area contributed by atoms with Gasteiger partial charge in [-0.15, -0.1) is 0 Å². The van der Waals surface area contributed by atoms with Gasteiger partial charge in [0, 0.05) is 13.0 Å². The predicted octanol–water partition coefficient (Wildman–Crippen LogP) is 0.955. The molecule has 0 aromatic heterocycles. The fourth-order valence-corrected chi connectivity index (χ4v) is 3.15. The lowest BCUT2D eigenvalue weighted by Gasteiger charge is -2.09. The lowest BCUT2D eigenvalue weighted by Crippen LogP contribution is -2.26. The molecule has 0 saturated heterocycles. The summed E-state index contributed by atoms with van der Waals surface area (Å²) >= 11 is 0. The molecular formula is C10H13F3N2O4S2. The smallest absolute Gasteiger partial charge is 0.225 e. The molecule has 0 radical (unpaired) electrons. The van der Waals surface area contributed by atoms with Crippen LogP contribution < -0.4 is 9.86 Å². The van der Waals surface area contributed by atoms with Crippen LogP contribution in [0.15, 0.2) is 34.1 Å². The van der Waals surface area contributed by atoms with Gasteiger partial charge in [0.2, 0.25) is 20.0 Å². The average molecular weight is 346 g/mol. The van der Waals surface area contributed by atoms with Crippen molar-refractivity contribution < 1.29 is 30.0 Å². The molecule has 3 N–H and O–H groups in total. The molecule has 1 rings (SSSR count). The van der Waals surface area contributed by atoms with Gasteiger partial charge >= 0.3 is 6.18 Å². The second-order valence-electron chi connectivity index (χ2n) is 4.14. The molecule has 0 bridgehead atoms. The molecule has 11 heteroatoms. The maximum Gasteiger partial charge on any atom is 0.389 e. The minimum Gasteiger partial charge on any atom is -0.225 e. The Morgan fingerprint density at radius 3 is 2.19 bits per heavy atom. The van der Waals surface area contributed by atoms with Crippen LogP contribution in [0.25, 0.3) is 0 Å². The van der Waals surface area contributed by atoms with Gasteiger partial charge in [-0.3, -0.25) is 0 Å². The van der Waals surface area contributed by atoms with E-state index < -0.39 is 50.5 Å². The lowest BCUT2D eigenvalue weighted by atomic mass is 10.3. The van der Waals surface area contributed by atoms with Crippen molar-refractivity contribution in [2.45, 2.75) is 28.8 Å². The van der Waals surface area contributed by atoms with Crippen LogP contribution in [0.2, 0.25) is 0 Å². The van der Waals surface area contributed by atoms with E-state index in [0.29, 0.717) is 0 Å². The van der Waals surface area contributed by atoms with Gasteiger partial charge in [0.15, 0.2) is 0 Å². The Morgan fingerprint density at radius 1 is 1.10 bits per heavy atom. The fraction of sp³-hybridized carbons (Fsp3) is 0.400. The highest BCUT2D eigenvalue weighted by Gasteiger charge is 2.26. The molecular weight excluding hydrogens is 333 g/mol. The van der Waals surface area contributed by atoms with Gasteiger partial charge in [0.05, 0.1) is 9.79 Å². The summed E-state index contributed by atoms with van der Waals surface area (Å²) in [7, 11) is -8.17. The first-order chi connectivity index (χ1) is 9.42. The molecule has 0 aliphatic heterocycles. The number of primary sulfonamides is 1. The first-order valence-electron chi connectivity index (χ1n) is 5.61. The zero-order chi connectivity index (χ0) is 16.3. The van der Waals surface area contributed by atoms with E-state index in [4.69, 9.17) is 5.14 Å². The molecule has 1 aromatic carbocycles. The molecule has 0 aliphatic carbocycles. The maximum absolute atomic E-state index is 11.9. The Labute approximate surface area is 120 Å². The van der Waals surface area contributed by atoms with Gasteiger partial charge in [-0.25, -0.2) is 26.7 Å². The van der Waals surface area contributed by atoms with Crippen molar-refractivity contribution in [3.63, 3.8) is 0 Å². The summed E-state index contributed by atoms with van der Waals surface area (Å²) < 4.78 is 83.6. The Hall–Kier alpha value is -1.17. The summed E-state index contributed by atoms with van der Waals surface area (Å²) in [6.07, 6.45) is -5.90. The van der Waals surface area contributed by atoms with Crippen molar-refractivity contribution >= 4 is 20.0 Å². The second kappa shape index (κ2) is 6.30. The third kappa shape index (κ3) is 5.99. The van der Waals surface area contributed by atoms with Crippen molar-refractivity contribution in [2.75, 3.05) is 6.54 Å². The Kier molecular flexibility index (Phi) is 5.36. The number of hydrogen-bond acceptors (Lipinski definition) is 4. The molecule has 0 aliphatic rings. The predicted molar refractivity (Wildman–Crippen MR) is 68.3 cm³/mol. The third-order valence-electron chi connectivity index (χ3n) is 2.37. The summed E-state index contributed by atoms with van der Waals surface area (Å²) in [6.45, 7) is -0.415. The van der Waals surface area contributed by atoms with Crippen LogP contribution in [-0.2, 0) is 20.0 Å². The first kappa shape index (κ1) is 17.9. The van der Waals surface area contributed by atoms with Gasteiger partial charge in [0.25, 0.3) is 0 Å². The van der Waals surface area contributed by atoms with Crippen LogP contribution in [0.3, 0.4) is 0 Å². The van der Waals surface area contributed by atoms with Gasteiger partial charge in [-0.1, -0.05) is 6.07 Å². The van der Waals surface area contributed by atoms with E-state index in [0.717, 1.165) is 18.2 Å². The molecule has 120 valence electrons. The normalized spacial score (nSPS) is 13.3. The molecule has 0 heterocycles. The Morgan fingerprint density at radius 2 is 1.67 bits per heavy atom. The van der Waals surface area contributed by atoms with E-state index in [2.05, 4.69) is 0 Å². The maximum atomic E-state index is 11.9. The number of nitrogens with two attached hydrogens (primary N) is 1. The molecule has 1 aromatic rings. The van der Waals surface area contributed by atoms with Crippen LogP contribution in [0, 0.1) is 0 Å². The number of benzene rings is 1. The first-order valence-corrected chi connectivity index (χ1v) is 8.64. The van der Waals surface area contributed by atoms with E-state index in [-0.39, 0.29) is 4.90 Å². The number of hydrogen-bond donors (Lipinski definition) is 2. The van der Waals surface area contributed by atoms with Crippen LogP contribution in [0.5, 0.6) is 0 Å². The van der Waals surface area contributed by atoms with Crippen molar-refractivity contribution in [2.24, 2.45) is 5.14 Å². The monoisotopic (exact) mass is 346 g/mol. The van der Waals surface area contributed by atoms with Gasteiger partial charge in [-0.2, -0.15) is 13.2 Å². The van der Waals surface area contributed by atoms with Crippen molar-refractivity contribution in [3.8, 4) is 0 Å². The summed E-state index contributed by atoms with van der Waals surface area (Å²) in [5.41, 5.74) is 0. The SMILES string of the molecule is NS(=O)(=O)c1cccc(S(=O)(=O)NCCCC(F)(F)F)c1. The standard InChI is InChI=1S/C10H13F3N2O4S2/c11-10(12,13)5-2-6-15-21(18,19)9-4-1-3-8(7-9)20(14,16)17/h1,3-4,7,15H,2,5-6H2,(H2,14,16,17). The largest absolute Gasteiger partial charge is 0.389 e. The summed E-state index contributed by atoms with van der Waals surface area (Å²) in [5, 5.41) is 4.87. The number of nitrogens with one attached hydrogen (secondary N) is 1. The molecule has 0 unspecified atom stereocenters. The number of rotatable bonds is 6. The van der Waals surface area contributed by atoms with Crippen LogP contribution in [0.1, 0.15) is 12.8 Å². The third-order valence-corrected chi connectivity index (χ3v) is 4.74. The van der Waals surface area contributed by atoms with Crippen LogP contribution in [0.4, 0.5) is 13.2 Å². The molecule has 0 atom stereocenters. The van der Waals surface area contributed by atoms with E-state index in [1.807, 2.05) is 4.72 Å². The molecule has 21 heavy (non-hydrogen) atoms. The Balaban J connectivity index is 2.80. The molecule has 0 spiro atoms. The highest BCUT2D eigenvalue weighted by Crippen LogP contribution is 2.21. The second-order valence-corrected chi connectivity index (χ2v) is 7.46. The van der Waals surface area contributed by atoms with Crippen LogP contribution in [-0.4, -0.2) is 29.6 Å². The summed E-state index contributed by atoms with van der Waals surface area (Å²) in [5.74, 6) is 0. The van der Waals surface area contributed by atoms with Gasteiger partial charge in [0.1, 0.15) is 0 Å². The number of sulfonamides is 2. The van der Waals surface area contributed by atoms with Crippen LogP contribution >= 0.6 is 0 Å². The topological polar surface area (TPSA) is 106 Å². The van der Waals surface area contributed by atoms with Gasteiger partial charge < -0.3 is 0 Å².